The molecule has 1 atom stereocenters. The Morgan fingerprint density at radius 2 is 2.30 bits per heavy atom. The van der Waals surface area contributed by atoms with Crippen molar-refractivity contribution in [2.45, 2.75) is 13.0 Å². The van der Waals surface area contributed by atoms with Crippen molar-refractivity contribution in [1.29, 1.82) is 0 Å². The van der Waals surface area contributed by atoms with Gasteiger partial charge in [-0.2, -0.15) is 0 Å². The maximum atomic E-state index is 4.53. The van der Waals surface area contributed by atoms with E-state index in [9.17, 15) is 0 Å². The van der Waals surface area contributed by atoms with E-state index in [0.29, 0.717) is 0 Å². The van der Waals surface area contributed by atoms with Crippen LogP contribution in [0.1, 0.15) is 12.0 Å². The predicted octanol–water partition coefficient (Wildman–Crippen LogP) is 3.04. The zero-order valence-electron chi connectivity index (χ0n) is 11.8. The third-order valence-corrected chi connectivity index (χ3v) is 4.73. The van der Waals surface area contributed by atoms with Gasteiger partial charge in [0.15, 0.2) is 0 Å². The molecule has 0 spiro atoms. The number of hydrogen-bond donors (Lipinski definition) is 1. The molecule has 1 aliphatic heterocycles. The Morgan fingerprint density at radius 3 is 3.10 bits per heavy atom. The van der Waals surface area contributed by atoms with Crippen LogP contribution >= 0.6 is 15.9 Å². The molecule has 1 N–H and O–H groups in total. The van der Waals surface area contributed by atoms with Crippen LogP contribution in [0, 0.1) is 5.92 Å². The maximum Gasteiger partial charge on any atom is 0.0758 e. The van der Waals surface area contributed by atoms with Gasteiger partial charge in [0.1, 0.15) is 0 Å². The molecular weight excluding hydrogens is 314 g/mol. The molecule has 2 aromatic rings. The highest BCUT2D eigenvalue weighted by Crippen LogP contribution is 2.25. The number of fused-ring (bicyclic) bond motifs is 1. The van der Waals surface area contributed by atoms with Gasteiger partial charge >= 0.3 is 0 Å². The first-order chi connectivity index (χ1) is 9.74. The van der Waals surface area contributed by atoms with Crippen LogP contribution in [-0.4, -0.2) is 36.6 Å². The molecule has 106 valence electrons. The highest BCUT2D eigenvalue weighted by atomic mass is 79.9. The molecule has 3 nitrogen and oxygen atoms in total. The smallest absolute Gasteiger partial charge is 0.0758 e. The summed E-state index contributed by atoms with van der Waals surface area (Å²) in [6.45, 7) is 4.43. The van der Waals surface area contributed by atoms with E-state index in [1.54, 1.807) is 0 Å². The third kappa shape index (κ3) is 3.03. The lowest BCUT2D eigenvalue weighted by atomic mass is 10.1. The minimum Gasteiger partial charge on any atom is -0.312 e. The van der Waals surface area contributed by atoms with Crippen LogP contribution in [-0.2, 0) is 6.54 Å². The summed E-state index contributed by atoms with van der Waals surface area (Å²) < 4.78 is 1.11. The van der Waals surface area contributed by atoms with E-state index in [0.717, 1.165) is 29.0 Å². The first-order valence-corrected chi connectivity index (χ1v) is 7.94. The quantitative estimate of drug-likeness (QED) is 0.932. The molecule has 1 aliphatic rings. The van der Waals surface area contributed by atoms with E-state index in [-0.39, 0.29) is 0 Å². The van der Waals surface area contributed by atoms with E-state index >= 15 is 0 Å². The van der Waals surface area contributed by atoms with Gasteiger partial charge in [-0.05, 0) is 50.2 Å². The second kappa shape index (κ2) is 6.20. The standard InChI is InChI=1S/C16H20BrN3/c1-20-8-6-12(11-20)9-18-10-13-4-5-15(17)14-3-2-7-19-16(13)14/h2-5,7,12,18H,6,8-11H2,1H3. The van der Waals surface area contributed by atoms with Crippen LogP contribution < -0.4 is 5.32 Å². The van der Waals surface area contributed by atoms with Crippen LogP contribution in [0.3, 0.4) is 0 Å². The van der Waals surface area contributed by atoms with Gasteiger partial charge in [-0.15, -0.1) is 0 Å². The summed E-state index contributed by atoms with van der Waals surface area (Å²) in [4.78, 5) is 6.93. The van der Waals surface area contributed by atoms with Crippen LogP contribution in [0.4, 0.5) is 0 Å². The van der Waals surface area contributed by atoms with Gasteiger partial charge in [-0.3, -0.25) is 4.98 Å². The molecule has 0 radical (unpaired) electrons. The van der Waals surface area contributed by atoms with Crippen molar-refractivity contribution in [2.24, 2.45) is 5.92 Å². The fraction of sp³-hybridized carbons (Fsp3) is 0.438. The molecule has 1 aromatic heterocycles. The topological polar surface area (TPSA) is 28.2 Å². The van der Waals surface area contributed by atoms with Gasteiger partial charge in [0.2, 0.25) is 0 Å². The van der Waals surface area contributed by atoms with E-state index in [4.69, 9.17) is 0 Å². The van der Waals surface area contributed by atoms with Crippen LogP contribution in [0.5, 0.6) is 0 Å². The van der Waals surface area contributed by atoms with E-state index in [2.05, 4.69) is 56.4 Å². The van der Waals surface area contributed by atoms with Crippen LogP contribution in [0.2, 0.25) is 0 Å². The van der Waals surface area contributed by atoms with Gasteiger partial charge in [0.25, 0.3) is 0 Å². The summed E-state index contributed by atoms with van der Waals surface area (Å²) in [5.74, 6) is 0.787. The number of nitrogens with zero attached hydrogens (tertiary/aromatic N) is 2. The number of halogens is 1. The zero-order chi connectivity index (χ0) is 13.9. The number of rotatable bonds is 4. The number of pyridine rings is 1. The minimum absolute atomic E-state index is 0.787. The highest BCUT2D eigenvalue weighted by molar-refractivity contribution is 9.10. The fourth-order valence-electron chi connectivity index (χ4n) is 2.94. The minimum atomic E-state index is 0.787. The Balaban J connectivity index is 1.67. The van der Waals surface area contributed by atoms with Gasteiger partial charge in [0.05, 0.1) is 5.52 Å². The number of benzene rings is 1. The first-order valence-electron chi connectivity index (χ1n) is 7.15. The summed E-state index contributed by atoms with van der Waals surface area (Å²) >= 11 is 3.59. The molecule has 1 saturated heterocycles. The third-order valence-electron chi connectivity index (χ3n) is 4.04. The van der Waals surface area contributed by atoms with Gasteiger partial charge < -0.3 is 10.2 Å². The van der Waals surface area contributed by atoms with Gasteiger partial charge in [-0.25, -0.2) is 0 Å². The molecule has 4 heteroatoms. The molecular formula is C16H20BrN3. The monoisotopic (exact) mass is 333 g/mol. The Hall–Kier alpha value is -0.970. The second-order valence-corrected chi connectivity index (χ2v) is 6.51. The van der Waals surface area contributed by atoms with Crippen molar-refractivity contribution in [3.63, 3.8) is 0 Å². The fourth-order valence-corrected chi connectivity index (χ4v) is 3.40. The number of aromatic nitrogens is 1. The Kier molecular flexibility index (Phi) is 4.34. The van der Waals surface area contributed by atoms with Crippen LogP contribution in [0.25, 0.3) is 10.9 Å². The number of hydrogen-bond acceptors (Lipinski definition) is 3. The lowest BCUT2D eigenvalue weighted by Crippen LogP contribution is -2.24. The average molecular weight is 334 g/mol. The van der Waals surface area contributed by atoms with Crippen LogP contribution in [0.15, 0.2) is 34.9 Å². The number of likely N-dealkylation sites (tertiary alicyclic amines) is 1. The summed E-state index contributed by atoms with van der Waals surface area (Å²) in [5, 5.41) is 4.78. The summed E-state index contributed by atoms with van der Waals surface area (Å²) in [6, 6.07) is 8.37. The van der Waals surface area contributed by atoms with E-state index in [1.165, 1.54) is 30.5 Å². The second-order valence-electron chi connectivity index (χ2n) is 5.65. The molecule has 0 aliphatic carbocycles. The normalized spacial score (nSPS) is 19.8. The first kappa shape index (κ1) is 14.0. The summed E-state index contributed by atoms with van der Waals surface area (Å²) in [6.07, 6.45) is 3.17. The van der Waals surface area contributed by atoms with Gasteiger partial charge in [0, 0.05) is 29.1 Å². The van der Waals surface area contributed by atoms with E-state index in [1.807, 2.05) is 12.3 Å². The molecule has 3 rings (SSSR count). The van der Waals surface area contributed by atoms with Crippen molar-refractivity contribution in [1.82, 2.24) is 15.2 Å². The molecule has 1 unspecified atom stereocenters. The van der Waals surface area contributed by atoms with Crippen molar-refractivity contribution in [2.75, 3.05) is 26.7 Å². The average Bonchev–Trinajstić information content (AvgIpc) is 2.87. The number of nitrogens with one attached hydrogen (secondary N) is 1. The van der Waals surface area contributed by atoms with Crippen molar-refractivity contribution < 1.29 is 0 Å². The predicted molar refractivity (Wildman–Crippen MR) is 86.8 cm³/mol. The van der Waals surface area contributed by atoms with Gasteiger partial charge in [-0.1, -0.05) is 28.1 Å². The zero-order valence-corrected chi connectivity index (χ0v) is 13.4. The molecule has 0 amide bonds. The molecule has 0 saturated carbocycles. The Labute approximate surface area is 128 Å². The lowest BCUT2D eigenvalue weighted by Gasteiger charge is -2.13. The highest BCUT2D eigenvalue weighted by Gasteiger charge is 2.18. The van der Waals surface area contributed by atoms with Crippen molar-refractivity contribution in [3.8, 4) is 0 Å². The Bertz CT molecular complexity index is 599. The SMILES string of the molecule is CN1CCC(CNCc2ccc(Br)c3cccnc23)C1. The molecule has 20 heavy (non-hydrogen) atoms. The largest absolute Gasteiger partial charge is 0.312 e. The maximum absolute atomic E-state index is 4.53. The lowest BCUT2D eigenvalue weighted by molar-refractivity contribution is 0.388. The van der Waals surface area contributed by atoms with E-state index < -0.39 is 0 Å². The molecule has 1 fully saturated rings. The summed E-state index contributed by atoms with van der Waals surface area (Å²) in [5.41, 5.74) is 2.37. The molecule has 1 aromatic carbocycles. The summed E-state index contributed by atoms with van der Waals surface area (Å²) in [7, 11) is 2.20. The van der Waals surface area contributed by atoms with Crippen molar-refractivity contribution in [3.05, 3.63) is 40.5 Å². The Morgan fingerprint density at radius 1 is 1.40 bits per heavy atom. The molecule has 2 heterocycles. The molecule has 0 bridgehead atoms. The van der Waals surface area contributed by atoms with Crippen molar-refractivity contribution >= 4 is 26.8 Å².